The Morgan fingerprint density at radius 2 is 1.84 bits per heavy atom. The number of carbonyl (C=O) groups excluding carboxylic acids is 3. The Balaban J connectivity index is 1.67. The summed E-state index contributed by atoms with van der Waals surface area (Å²) >= 11 is 1.02. The number of anilines is 1. The van der Waals surface area contributed by atoms with Gasteiger partial charge in [0.05, 0.1) is 23.7 Å². The average Bonchev–Trinajstić information content (AvgIpc) is 2.86. The summed E-state index contributed by atoms with van der Waals surface area (Å²) in [6.45, 7) is 0.763. The summed E-state index contributed by atoms with van der Waals surface area (Å²) in [5, 5.41) is 8.62. The number of piperazine rings is 1. The fraction of sp³-hybridized carbons (Fsp3) is 0.375. The van der Waals surface area contributed by atoms with E-state index < -0.39 is 12.0 Å². The van der Waals surface area contributed by atoms with Crippen molar-refractivity contribution in [3.8, 4) is 0 Å². The molecule has 0 aliphatic carbocycles. The lowest BCUT2D eigenvalue weighted by molar-refractivity contribution is -0.134. The van der Waals surface area contributed by atoms with Crippen LogP contribution in [-0.2, 0) is 14.4 Å². The topological polar surface area (TPSA) is 98.2 Å². The Bertz CT molecular complexity index is 711. The van der Waals surface area contributed by atoms with Gasteiger partial charge in [0.25, 0.3) is 5.91 Å². The van der Waals surface area contributed by atoms with Gasteiger partial charge in [-0.1, -0.05) is 18.2 Å². The lowest BCUT2D eigenvalue weighted by Gasteiger charge is -2.35. The summed E-state index contributed by atoms with van der Waals surface area (Å²) in [4.78, 5) is 52.1. The number of carbonyl (C=O) groups is 4. The molecule has 4 amide bonds. The largest absolute Gasteiger partial charge is 0.481 e. The van der Waals surface area contributed by atoms with Gasteiger partial charge in [0.1, 0.15) is 6.04 Å². The zero-order chi connectivity index (χ0) is 18.0. The van der Waals surface area contributed by atoms with Gasteiger partial charge in [-0.15, -0.1) is 11.8 Å². The molecular weight excluding hydrogens is 346 g/mol. The Morgan fingerprint density at radius 1 is 1.12 bits per heavy atom. The molecule has 3 rings (SSSR count). The van der Waals surface area contributed by atoms with Crippen molar-refractivity contribution in [2.75, 3.05) is 36.0 Å². The van der Waals surface area contributed by atoms with Crippen LogP contribution in [-0.4, -0.2) is 75.9 Å². The van der Waals surface area contributed by atoms with Crippen LogP contribution in [0.2, 0.25) is 0 Å². The standard InChI is InChI=1S/C16H17N3O5S/c20-13(9-25-10-14(21)22)17-6-7-18-12(8-17)15(23)19(16(18)24)11-4-2-1-3-5-11/h1-5,12H,6-10H2,(H,21,22)/t12-/m1/s1. The Morgan fingerprint density at radius 3 is 2.52 bits per heavy atom. The molecule has 2 aliphatic heterocycles. The minimum absolute atomic E-state index is 0.0452. The third-order valence-electron chi connectivity index (χ3n) is 4.14. The second-order valence-corrected chi connectivity index (χ2v) is 6.71. The minimum atomic E-state index is -0.974. The Kier molecular flexibility index (Phi) is 4.93. The van der Waals surface area contributed by atoms with E-state index >= 15 is 0 Å². The number of benzene rings is 1. The Labute approximate surface area is 148 Å². The van der Waals surface area contributed by atoms with E-state index in [0.29, 0.717) is 12.2 Å². The first kappa shape index (κ1) is 17.3. The lowest BCUT2D eigenvalue weighted by atomic mass is 10.2. The van der Waals surface area contributed by atoms with Crippen molar-refractivity contribution in [2.45, 2.75) is 6.04 Å². The molecule has 0 spiro atoms. The first-order valence-electron chi connectivity index (χ1n) is 7.76. The number of urea groups is 1. The maximum absolute atomic E-state index is 12.7. The molecule has 8 nitrogen and oxygen atoms in total. The van der Waals surface area contributed by atoms with Gasteiger partial charge in [-0.25, -0.2) is 9.69 Å². The molecule has 9 heteroatoms. The van der Waals surface area contributed by atoms with Crippen molar-refractivity contribution in [3.05, 3.63) is 30.3 Å². The number of hydrogen-bond acceptors (Lipinski definition) is 5. The first-order valence-corrected chi connectivity index (χ1v) is 8.91. The zero-order valence-corrected chi connectivity index (χ0v) is 14.1. The molecule has 0 bridgehead atoms. The van der Waals surface area contributed by atoms with Crippen LogP contribution < -0.4 is 4.90 Å². The molecule has 2 aliphatic rings. The monoisotopic (exact) mass is 363 g/mol. The van der Waals surface area contributed by atoms with Crippen molar-refractivity contribution in [1.29, 1.82) is 0 Å². The number of carboxylic acid groups (broad SMARTS) is 1. The van der Waals surface area contributed by atoms with Crippen molar-refractivity contribution < 1.29 is 24.3 Å². The van der Waals surface area contributed by atoms with Crippen LogP contribution in [0.1, 0.15) is 0 Å². The highest BCUT2D eigenvalue weighted by molar-refractivity contribution is 8.00. The van der Waals surface area contributed by atoms with Gasteiger partial charge >= 0.3 is 12.0 Å². The summed E-state index contributed by atoms with van der Waals surface area (Å²) in [5.41, 5.74) is 0.516. The zero-order valence-electron chi connectivity index (χ0n) is 13.3. The van der Waals surface area contributed by atoms with E-state index in [4.69, 9.17) is 5.11 Å². The molecule has 1 aromatic carbocycles. The van der Waals surface area contributed by atoms with Crippen LogP contribution in [0.3, 0.4) is 0 Å². The van der Waals surface area contributed by atoms with E-state index in [9.17, 15) is 19.2 Å². The van der Waals surface area contributed by atoms with E-state index in [1.54, 1.807) is 30.3 Å². The highest BCUT2D eigenvalue weighted by Gasteiger charge is 2.48. The number of imide groups is 1. The van der Waals surface area contributed by atoms with Crippen LogP contribution in [0, 0.1) is 0 Å². The molecule has 25 heavy (non-hydrogen) atoms. The molecule has 1 N–H and O–H groups in total. The molecule has 0 unspecified atom stereocenters. The van der Waals surface area contributed by atoms with Crippen LogP contribution in [0.25, 0.3) is 0 Å². The maximum atomic E-state index is 12.7. The predicted octanol–water partition coefficient (Wildman–Crippen LogP) is 0.484. The van der Waals surface area contributed by atoms with Crippen LogP contribution in [0.15, 0.2) is 30.3 Å². The molecule has 2 heterocycles. The number of fused-ring (bicyclic) bond motifs is 1. The van der Waals surface area contributed by atoms with E-state index in [1.807, 2.05) is 0 Å². The number of para-hydroxylation sites is 1. The normalized spacial score (nSPS) is 20.0. The van der Waals surface area contributed by atoms with Crippen LogP contribution in [0.5, 0.6) is 0 Å². The van der Waals surface area contributed by atoms with Gasteiger partial charge in [0.15, 0.2) is 0 Å². The number of carboxylic acids is 1. The molecule has 0 radical (unpaired) electrons. The molecule has 132 valence electrons. The fourth-order valence-corrected chi connectivity index (χ4v) is 3.59. The number of rotatable bonds is 5. The van der Waals surface area contributed by atoms with E-state index in [2.05, 4.69) is 0 Å². The highest BCUT2D eigenvalue weighted by Crippen LogP contribution is 2.27. The first-order chi connectivity index (χ1) is 12.0. The van der Waals surface area contributed by atoms with Crippen LogP contribution in [0.4, 0.5) is 10.5 Å². The maximum Gasteiger partial charge on any atom is 0.332 e. The van der Waals surface area contributed by atoms with E-state index in [-0.39, 0.29) is 42.4 Å². The van der Waals surface area contributed by atoms with Gasteiger partial charge in [0, 0.05) is 13.1 Å². The molecular formula is C16H17N3O5S. The van der Waals surface area contributed by atoms with E-state index in [0.717, 1.165) is 16.7 Å². The molecule has 1 aromatic rings. The van der Waals surface area contributed by atoms with Crippen LogP contribution >= 0.6 is 11.8 Å². The number of hydrogen-bond donors (Lipinski definition) is 1. The number of amides is 4. The minimum Gasteiger partial charge on any atom is -0.481 e. The van der Waals surface area contributed by atoms with Crippen molar-refractivity contribution >= 4 is 41.3 Å². The third-order valence-corrected chi connectivity index (χ3v) is 5.04. The Hall–Kier alpha value is -2.55. The number of thioether (sulfide) groups is 1. The summed E-state index contributed by atoms with van der Waals surface area (Å²) < 4.78 is 0. The molecule has 1 atom stereocenters. The summed E-state index contributed by atoms with van der Waals surface area (Å²) in [5.74, 6) is -1.63. The number of aliphatic carboxylic acids is 1. The second kappa shape index (κ2) is 7.14. The fourth-order valence-electron chi connectivity index (χ4n) is 2.95. The quantitative estimate of drug-likeness (QED) is 0.765. The summed E-state index contributed by atoms with van der Waals surface area (Å²) in [6, 6.07) is 7.64. The van der Waals surface area contributed by atoms with Gasteiger partial charge in [-0.3, -0.25) is 14.4 Å². The van der Waals surface area contributed by atoms with Crippen molar-refractivity contribution in [3.63, 3.8) is 0 Å². The third kappa shape index (κ3) is 3.46. The highest BCUT2D eigenvalue weighted by atomic mass is 32.2. The summed E-state index contributed by atoms with van der Waals surface area (Å²) in [7, 11) is 0. The molecule has 0 aromatic heterocycles. The molecule has 2 fully saturated rings. The number of nitrogens with zero attached hydrogens (tertiary/aromatic N) is 3. The predicted molar refractivity (Wildman–Crippen MR) is 91.4 cm³/mol. The van der Waals surface area contributed by atoms with Gasteiger partial charge in [-0.05, 0) is 12.1 Å². The average molecular weight is 363 g/mol. The van der Waals surface area contributed by atoms with Crippen molar-refractivity contribution in [1.82, 2.24) is 9.80 Å². The molecule has 0 saturated carbocycles. The second-order valence-electron chi connectivity index (χ2n) is 5.73. The van der Waals surface area contributed by atoms with E-state index in [1.165, 1.54) is 9.80 Å². The van der Waals surface area contributed by atoms with Gasteiger partial charge in [0.2, 0.25) is 5.91 Å². The summed E-state index contributed by atoms with van der Waals surface area (Å²) in [6.07, 6.45) is 0. The SMILES string of the molecule is O=C(O)CSCC(=O)N1CCN2C(=O)N(c3ccccc3)C(=O)[C@H]2C1. The smallest absolute Gasteiger partial charge is 0.332 e. The molecule has 2 saturated heterocycles. The lowest BCUT2D eigenvalue weighted by Crippen LogP contribution is -2.55. The van der Waals surface area contributed by atoms with Gasteiger partial charge in [-0.2, -0.15) is 0 Å². The van der Waals surface area contributed by atoms with Gasteiger partial charge < -0.3 is 14.9 Å². The van der Waals surface area contributed by atoms with Crippen molar-refractivity contribution in [2.24, 2.45) is 0 Å².